The van der Waals surface area contributed by atoms with Crippen LogP contribution < -0.4 is 4.74 Å². The second-order valence-corrected chi connectivity index (χ2v) is 8.47. The van der Waals surface area contributed by atoms with Gasteiger partial charge in [0.05, 0.1) is 5.39 Å². The maximum atomic E-state index is 11.4. The fourth-order valence-electron chi connectivity index (χ4n) is 4.66. The summed E-state index contributed by atoms with van der Waals surface area (Å²) in [7, 11) is 1.79. The van der Waals surface area contributed by atoms with Crippen molar-refractivity contribution in [2.75, 3.05) is 0 Å². The average molecular weight is 455 g/mol. The molecule has 3 heterocycles. The highest BCUT2D eigenvalue weighted by molar-refractivity contribution is 5.95. The van der Waals surface area contributed by atoms with E-state index in [1.54, 1.807) is 11.7 Å². The highest BCUT2D eigenvalue weighted by atomic mass is 16.7. The van der Waals surface area contributed by atoms with Gasteiger partial charge >= 0.3 is 5.97 Å². The van der Waals surface area contributed by atoms with Crippen LogP contribution >= 0.6 is 0 Å². The van der Waals surface area contributed by atoms with Crippen LogP contribution in [-0.4, -0.2) is 71.9 Å². The number of aliphatic hydroxyl groups excluding tert-OH is 3. The van der Waals surface area contributed by atoms with Crippen molar-refractivity contribution in [3.05, 3.63) is 41.5 Å². The number of carboxylic acids is 1. The van der Waals surface area contributed by atoms with E-state index in [0.29, 0.717) is 12.1 Å². The van der Waals surface area contributed by atoms with Gasteiger partial charge in [-0.1, -0.05) is 30.3 Å². The molecule has 3 aromatic rings. The number of aliphatic carboxylic acids is 1. The van der Waals surface area contributed by atoms with Crippen molar-refractivity contribution >= 4 is 17.0 Å². The molecule has 174 valence electrons. The Morgan fingerprint density at radius 3 is 2.45 bits per heavy atom. The van der Waals surface area contributed by atoms with Gasteiger partial charge in [-0.05, 0) is 31.2 Å². The van der Waals surface area contributed by atoms with Gasteiger partial charge in [-0.15, -0.1) is 0 Å². The molecule has 33 heavy (non-hydrogen) atoms. The molecule has 0 amide bonds. The predicted molar refractivity (Wildman–Crippen MR) is 116 cm³/mol. The topological polar surface area (TPSA) is 147 Å². The number of aromatic nitrogens is 3. The molecule has 0 bridgehead atoms. The van der Waals surface area contributed by atoms with Crippen molar-refractivity contribution in [2.24, 2.45) is 7.05 Å². The molecule has 1 saturated heterocycles. The summed E-state index contributed by atoms with van der Waals surface area (Å²) in [5, 5.41) is 45.4. The number of benzene rings is 1. The van der Waals surface area contributed by atoms with Gasteiger partial charge in [0.15, 0.2) is 11.8 Å². The van der Waals surface area contributed by atoms with Crippen LogP contribution in [-0.2, 0) is 29.4 Å². The van der Waals surface area contributed by atoms with Crippen LogP contribution in [0.15, 0.2) is 30.3 Å². The molecule has 2 aliphatic rings. The highest BCUT2D eigenvalue weighted by Crippen LogP contribution is 2.39. The van der Waals surface area contributed by atoms with E-state index in [2.05, 4.69) is 4.98 Å². The van der Waals surface area contributed by atoms with Crippen molar-refractivity contribution in [2.45, 2.75) is 56.4 Å². The molecule has 1 aliphatic carbocycles. The third-order valence-electron chi connectivity index (χ3n) is 6.34. The SMILES string of the molecule is Cn1nc(-c2ccccc2)c2c3c(c(O[C@@H]4O[C@H](C(=O)O)[C@@H](O)[C@H](O)[C@H]4O)nc21)CCCC3. The van der Waals surface area contributed by atoms with Gasteiger partial charge in [-0.3, -0.25) is 0 Å². The van der Waals surface area contributed by atoms with E-state index >= 15 is 0 Å². The van der Waals surface area contributed by atoms with Gasteiger partial charge in [0.2, 0.25) is 12.2 Å². The lowest BCUT2D eigenvalue weighted by Crippen LogP contribution is -2.61. The van der Waals surface area contributed by atoms with E-state index in [0.717, 1.165) is 47.0 Å². The molecule has 1 aliphatic heterocycles. The Hall–Kier alpha value is -3.05. The van der Waals surface area contributed by atoms with E-state index < -0.39 is 36.7 Å². The van der Waals surface area contributed by atoms with Crippen molar-refractivity contribution in [3.63, 3.8) is 0 Å². The number of carboxylic acid groups (broad SMARTS) is 1. The standard InChI is InChI=1S/C23H25N3O7/c1-26-20-14(15(25-26)11-7-3-2-4-8-11)12-9-5-6-10-13(12)21(24-20)33-23-18(29)16(27)17(28)19(32-23)22(30)31/h2-4,7-8,16-19,23,27-29H,5-6,9-10H2,1H3,(H,30,31)/t16-,17-,18+,19-,23-/m0/s1. The van der Waals surface area contributed by atoms with Crippen molar-refractivity contribution in [1.82, 2.24) is 14.8 Å². The molecule has 1 aromatic carbocycles. The number of nitrogens with zero attached hydrogens (tertiary/aromatic N) is 3. The second-order valence-electron chi connectivity index (χ2n) is 8.47. The lowest BCUT2D eigenvalue weighted by Gasteiger charge is -2.38. The Labute approximate surface area is 189 Å². The molecule has 0 saturated carbocycles. The van der Waals surface area contributed by atoms with Crippen LogP contribution in [0.3, 0.4) is 0 Å². The maximum absolute atomic E-state index is 11.4. The number of hydrogen-bond donors (Lipinski definition) is 4. The lowest BCUT2D eigenvalue weighted by molar-refractivity contribution is -0.271. The Kier molecular flexibility index (Phi) is 5.53. The van der Waals surface area contributed by atoms with Crippen LogP contribution in [0.2, 0.25) is 0 Å². The first-order chi connectivity index (χ1) is 15.9. The summed E-state index contributed by atoms with van der Waals surface area (Å²) in [5.41, 5.74) is 4.28. The molecular weight excluding hydrogens is 430 g/mol. The van der Waals surface area contributed by atoms with Gasteiger partial charge in [0, 0.05) is 18.2 Å². The maximum Gasteiger partial charge on any atom is 0.335 e. The summed E-state index contributed by atoms with van der Waals surface area (Å²) in [6, 6.07) is 9.83. The van der Waals surface area contributed by atoms with Crippen LogP contribution in [0.25, 0.3) is 22.3 Å². The Balaban J connectivity index is 1.60. The number of ether oxygens (including phenoxy) is 2. The predicted octanol–water partition coefficient (Wildman–Crippen LogP) is 0.785. The molecule has 0 spiro atoms. The van der Waals surface area contributed by atoms with Gasteiger partial charge < -0.3 is 29.9 Å². The zero-order chi connectivity index (χ0) is 23.3. The molecule has 0 unspecified atom stereocenters. The highest BCUT2D eigenvalue weighted by Gasteiger charge is 2.48. The Morgan fingerprint density at radius 1 is 1.06 bits per heavy atom. The number of hydrogen-bond acceptors (Lipinski definition) is 8. The van der Waals surface area contributed by atoms with Gasteiger partial charge in [-0.2, -0.15) is 10.1 Å². The molecule has 1 fully saturated rings. The molecule has 4 N–H and O–H groups in total. The fourth-order valence-corrected chi connectivity index (χ4v) is 4.66. The van der Waals surface area contributed by atoms with E-state index in [-0.39, 0.29) is 5.88 Å². The van der Waals surface area contributed by atoms with Crippen molar-refractivity contribution < 1.29 is 34.7 Å². The molecule has 0 radical (unpaired) electrons. The second kappa shape index (κ2) is 8.38. The first-order valence-electron chi connectivity index (χ1n) is 10.9. The summed E-state index contributed by atoms with van der Waals surface area (Å²) < 4.78 is 12.9. The lowest BCUT2D eigenvalue weighted by atomic mass is 9.89. The molecule has 10 nitrogen and oxygen atoms in total. The smallest absolute Gasteiger partial charge is 0.335 e. The molecule has 5 rings (SSSR count). The number of aryl methyl sites for hydroxylation is 2. The summed E-state index contributed by atoms with van der Waals surface area (Å²) in [6.07, 6.45) is -5.04. The Morgan fingerprint density at radius 2 is 1.76 bits per heavy atom. The zero-order valence-electron chi connectivity index (χ0n) is 18.0. The normalized spacial score (nSPS) is 27.3. The van der Waals surface area contributed by atoms with E-state index in [4.69, 9.17) is 14.6 Å². The van der Waals surface area contributed by atoms with Crippen LogP contribution in [0.4, 0.5) is 0 Å². The summed E-state index contributed by atoms with van der Waals surface area (Å²) in [6.45, 7) is 0. The van der Waals surface area contributed by atoms with E-state index in [9.17, 15) is 25.2 Å². The number of aliphatic hydroxyl groups is 3. The first-order valence-corrected chi connectivity index (χ1v) is 10.9. The minimum absolute atomic E-state index is 0.205. The summed E-state index contributed by atoms with van der Waals surface area (Å²) in [4.78, 5) is 16.1. The first kappa shape index (κ1) is 21.8. The molecule has 10 heteroatoms. The Bertz CT molecular complexity index is 1200. The molecule has 5 atom stereocenters. The molecular formula is C23H25N3O7. The average Bonchev–Trinajstić information content (AvgIpc) is 3.16. The fraction of sp³-hybridized carbons (Fsp3) is 0.435. The zero-order valence-corrected chi connectivity index (χ0v) is 18.0. The number of fused-ring (bicyclic) bond motifs is 3. The quantitative estimate of drug-likeness (QED) is 0.448. The monoisotopic (exact) mass is 455 g/mol. The number of rotatable bonds is 4. The van der Waals surface area contributed by atoms with Crippen molar-refractivity contribution in [3.8, 4) is 17.1 Å². The number of carbonyl (C=O) groups is 1. The van der Waals surface area contributed by atoms with Crippen molar-refractivity contribution in [1.29, 1.82) is 0 Å². The van der Waals surface area contributed by atoms with E-state index in [1.807, 2.05) is 30.3 Å². The summed E-state index contributed by atoms with van der Waals surface area (Å²) in [5.74, 6) is -1.26. The van der Waals surface area contributed by atoms with Gasteiger partial charge in [0.1, 0.15) is 24.0 Å². The minimum Gasteiger partial charge on any atom is -0.479 e. The van der Waals surface area contributed by atoms with E-state index in [1.165, 1.54) is 0 Å². The van der Waals surface area contributed by atoms with Crippen LogP contribution in [0.1, 0.15) is 24.0 Å². The summed E-state index contributed by atoms with van der Waals surface area (Å²) >= 11 is 0. The minimum atomic E-state index is -1.78. The largest absolute Gasteiger partial charge is 0.479 e. The van der Waals surface area contributed by atoms with Gasteiger partial charge in [-0.25, -0.2) is 9.48 Å². The van der Waals surface area contributed by atoms with Crippen LogP contribution in [0.5, 0.6) is 5.88 Å². The third kappa shape index (κ3) is 3.65. The molecule has 2 aromatic heterocycles. The van der Waals surface area contributed by atoms with Gasteiger partial charge in [0.25, 0.3) is 0 Å². The number of pyridine rings is 1. The van der Waals surface area contributed by atoms with Crippen LogP contribution in [0, 0.1) is 0 Å². The third-order valence-corrected chi connectivity index (χ3v) is 6.34.